The van der Waals surface area contributed by atoms with Gasteiger partial charge >= 0.3 is 0 Å². The molecule has 0 bridgehead atoms. The maximum absolute atomic E-state index is 10.5. The Morgan fingerprint density at radius 3 is 2.38 bits per heavy atom. The van der Waals surface area contributed by atoms with Crippen molar-refractivity contribution in [3.63, 3.8) is 0 Å². The average Bonchev–Trinajstić information content (AvgIpc) is 2.26. The van der Waals surface area contributed by atoms with Crippen molar-refractivity contribution < 1.29 is 10.0 Å². The van der Waals surface area contributed by atoms with Gasteiger partial charge in [0.25, 0.3) is 5.69 Å². The summed E-state index contributed by atoms with van der Waals surface area (Å²) < 4.78 is 0. The first-order chi connectivity index (χ1) is 7.47. The normalized spacial score (nSPS) is 11.4. The Morgan fingerprint density at radius 2 is 1.94 bits per heavy atom. The van der Waals surface area contributed by atoms with Crippen molar-refractivity contribution in [3.8, 4) is 0 Å². The molecule has 0 atom stereocenters. The molecular formula is C11H16N2O3. The lowest BCUT2D eigenvalue weighted by Gasteiger charge is -2.26. The summed E-state index contributed by atoms with van der Waals surface area (Å²) in [5, 5.41) is 22.4. The zero-order valence-electron chi connectivity index (χ0n) is 9.43. The summed E-state index contributed by atoms with van der Waals surface area (Å²) in [6.07, 6.45) is 0. The summed E-state index contributed by atoms with van der Waals surface area (Å²) >= 11 is 0. The van der Waals surface area contributed by atoms with Crippen LogP contribution in [-0.2, 0) is 5.54 Å². The van der Waals surface area contributed by atoms with Crippen molar-refractivity contribution >= 4 is 5.69 Å². The molecule has 0 fully saturated rings. The van der Waals surface area contributed by atoms with Crippen LogP contribution in [0.25, 0.3) is 0 Å². The first kappa shape index (κ1) is 12.6. The van der Waals surface area contributed by atoms with Crippen LogP contribution >= 0.6 is 0 Å². The smallest absolute Gasteiger partial charge is 0.269 e. The molecule has 0 amide bonds. The van der Waals surface area contributed by atoms with Crippen molar-refractivity contribution in [2.75, 3.05) is 13.2 Å². The van der Waals surface area contributed by atoms with Gasteiger partial charge in [-0.2, -0.15) is 0 Å². The molecule has 1 aromatic rings. The van der Waals surface area contributed by atoms with E-state index in [2.05, 4.69) is 5.32 Å². The molecule has 0 saturated carbocycles. The summed E-state index contributed by atoms with van der Waals surface area (Å²) in [5.41, 5.74) is 0.728. The van der Waals surface area contributed by atoms with Crippen LogP contribution in [0.3, 0.4) is 0 Å². The van der Waals surface area contributed by atoms with E-state index in [4.69, 9.17) is 5.11 Å². The molecule has 0 saturated heterocycles. The molecule has 5 heteroatoms. The molecule has 2 N–H and O–H groups in total. The standard InChI is InChI=1S/C11H16N2O3/c1-11(2,12-7-8-14)9-3-5-10(6-4-9)13(15)16/h3-6,12,14H,7-8H2,1-2H3. The molecule has 1 rings (SSSR count). The second-order valence-corrected chi connectivity index (χ2v) is 4.08. The Kier molecular flexibility index (Phi) is 3.98. The van der Waals surface area contributed by atoms with E-state index in [1.54, 1.807) is 12.1 Å². The van der Waals surface area contributed by atoms with Crippen LogP contribution in [0.4, 0.5) is 5.69 Å². The first-order valence-corrected chi connectivity index (χ1v) is 5.08. The van der Waals surface area contributed by atoms with Gasteiger partial charge < -0.3 is 10.4 Å². The van der Waals surface area contributed by atoms with Gasteiger partial charge in [-0.15, -0.1) is 0 Å². The molecule has 0 radical (unpaired) electrons. The van der Waals surface area contributed by atoms with Gasteiger partial charge in [-0.25, -0.2) is 0 Å². The minimum Gasteiger partial charge on any atom is -0.395 e. The van der Waals surface area contributed by atoms with Gasteiger partial charge in [0.1, 0.15) is 0 Å². The lowest BCUT2D eigenvalue weighted by atomic mass is 9.94. The number of benzene rings is 1. The molecule has 0 aliphatic rings. The van der Waals surface area contributed by atoms with Crippen LogP contribution < -0.4 is 5.32 Å². The fourth-order valence-corrected chi connectivity index (χ4v) is 1.47. The van der Waals surface area contributed by atoms with Gasteiger partial charge in [-0.05, 0) is 19.4 Å². The van der Waals surface area contributed by atoms with Crippen molar-refractivity contribution in [2.24, 2.45) is 0 Å². The molecule has 0 spiro atoms. The van der Waals surface area contributed by atoms with E-state index < -0.39 is 4.92 Å². The molecular weight excluding hydrogens is 208 g/mol. The van der Waals surface area contributed by atoms with Crippen molar-refractivity contribution in [3.05, 3.63) is 39.9 Å². The number of hydrogen-bond donors (Lipinski definition) is 2. The second kappa shape index (κ2) is 5.05. The van der Waals surface area contributed by atoms with Crippen molar-refractivity contribution in [1.82, 2.24) is 5.32 Å². The number of nitrogens with one attached hydrogen (secondary N) is 1. The number of non-ortho nitro benzene ring substituents is 1. The third kappa shape index (κ3) is 3.01. The van der Waals surface area contributed by atoms with Crippen LogP contribution in [0.5, 0.6) is 0 Å². The number of nitro benzene ring substituents is 1. The predicted molar refractivity (Wildman–Crippen MR) is 61.2 cm³/mol. The molecule has 5 nitrogen and oxygen atoms in total. The largest absolute Gasteiger partial charge is 0.395 e. The molecule has 0 heterocycles. The van der Waals surface area contributed by atoms with Crippen LogP contribution in [-0.4, -0.2) is 23.2 Å². The van der Waals surface area contributed by atoms with Gasteiger partial charge in [0, 0.05) is 24.2 Å². The summed E-state index contributed by atoms with van der Waals surface area (Å²) in [4.78, 5) is 10.1. The Hall–Kier alpha value is -1.46. The molecule has 1 aromatic carbocycles. The van der Waals surface area contributed by atoms with Gasteiger partial charge in [-0.3, -0.25) is 10.1 Å². The Balaban J connectivity index is 2.83. The number of nitrogens with zero attached hydrogens (tertiary/aromatic N) is 1. The SMILES string of the molecule is CC(C)(NCCO)c1ccc([N+](=O)[O-])cc1. The van der Waals surface area contributed by atoms with Gasteiger partial charge in [-0.1, -0.05) is 12.1 Å². The maximum atomic E-state index is 10.5. The molecule has 0 aliphatic carbocycles. The van der Waals surface area contributed by atoms with E-state index >= 15 is 0 Å². The van der Waals surface area contributed by atoms with E-state index in [9.17, 15) is 10.1 Å². The van der Waals surface area contributed by atoms with Crippen LogP contribution in [0.1, 0.15) is 19.4 Å². The van der Waals surface area contributed by atoms with Crippen LogP contribution in [0, 0.1) is 10.1 Å². The highest BCUT2D eigenvalue weighted by Gasteiger charge is 2.19. The highest BCUT2D eigenvalue weighted by atomic mass is 16.6. The fourth-order valence-electron chi connectivity index (χ4n) is 1.47. The van der Waals surface area contributed by atoms with E-state index in [1.807, 2.05) is 13.8 Å². The summed E-state index contributed by atoms with van der Waals surface area (Å²) in [5.74, 6) is 0. The fraction of sp³-hybridized carbons (Fsp3) is 0.455. The number of aliphatic hydroxyl groups excluding tert-OH is 1. The third-order valence-electron chi connectivity index (χ3n) is 2.48. The Morgan fingerprint density at radius 1 is 1.38 bits per heavy atom. The zero-order valence-corrected chi connectivity index (χ0v) is 9.43. The second-order valence-electron chi connectivity index (χ2n) is 4.08. The minimum atomic E-state index is -0.419. The molecule has 0 aliphatic heterocycles. The topological polar surface area (TPSA) is 75.4 Å². The van der Waals surface area contributed by atoms with E-state index in [0.717, 1.165) is 5.56 Å². The van der Waals surface area contributed by atoms with Crippen molar-refractivity contribution in [1.29, 1.82) is 0 Å². The molecule has 0 unspecified atom stereocenters. The quantitative estimate of drug-likeness (QED) is 0.585. The molecule has 88 valence electrons. The average molecular weight is 224 g/mol. The Labute approximate surface area is 94.3 Å². The summed E-state index contributed by atoms with van der Waals surface area (Å²) in [7, 11) is 0. The van der Waals surface area contributed by atoms with Crippen molar-refractivity contribution in [2.45, 2.75) is 19.4 Å². The highest BCUT2D eigenvalue weighted by molar-refractivity contribution is 5.35. The minimum absolute atomic E-state index is 0.0659. The maximum Gasteiger partial charge on any atom is 0.269 e. The molecule has 0 aromatic heterocycles. The lowest BCUT2D eigenvalue weighted by molar-refractivity contribution is -0.384. The van der Waals surface area contributed by atoms with E-state index in [1.165, 1.54) is 12.1 Å². The van der Waals surface area contributed by atoms with E-state index in [0.29, 0.717) is 6.54 Å². The predicted octanol–water partition coefficient (Wildman–Crippen LogP) is 1.41. The van der Waals surface area contributed by atoms with Gasteiger partial charge in [0.15, 0.2) is 0 Å². The monoisotopic (exact) mass is 224 g/mol. The Bertz CT molecular complexity index is 360. The number of rotatable bonds is 5. The summed E-state index contributed by atoms with van der Waals surface area (Å²) in [6, 6.07) is 6.42. The molecule has 16 heavy (non-hydrogen) atoms. The van der Waals surface area contributed by atoms with Gasteiger partial charge in [0.05, 0.1) is 11.5 Å². The summed E-state index contributed by atoms with van der Waals surface area (Å²) in [6.45, 7) is 4.48. The van der Waals surface area contributed by atoms with Crippen LogP contribution in [0.2, 0.25) is 0 Å². The number of hydrogen-bond acceptors (Lipinski definition) is 4. The lowest BCUT2D eigenvalue weighted by Crippen LogP contribution is -2.38. The number of nitro groups is 1. The number of aliphatic hydroxyl groups is 1. The zero-order chi connectivity index (χ0) is 12.2. The van der Waals surface area contributed by atoms with Gasteiger partial charge in [0.2, 0.25) is 0 Å². The third-order valence-corrected chi connectivity index (χ3v) is 2.48. The first-order valence-electron chi connectivity index (χ1n) is 5.08. The van der Waals surface area contributed by atoms with E-state index in [-0.39, 0.29) is 17.8 Å². The van der Waals surface area contributed by atoms with Crippen LogP contribution in [0.15, 0.2) is 24.3 Å². The highest BCUT2D eigenvalue weighted by Crippen LogP contribution is 2.22.